The molecule has 1 amide bonds. The lowest BCUT2D eigenvalue weighted by Gasteiger charge is -2.30. The number of nitrogens with one attached hydrogen (secondary N) is 1. The van der Waals surface area contributed by atoms with Crippen molar-refractivity contribution >= 4 is 21.7 Å². The van der Waals surface area contributed by atoms with E-state index in [4.69, 9.17) is 0 Å². The highest BCUT2D eigenvalue weighted by atomic mass is 32.2. The first-order valence-corrected chi connectivity index (χ1v) is 11.8. The van der Waals surface area contributed by atoms with Crippen molar-refractivity contribution in [3.63, 3.8) is 0 Å². The molecule has 0 radical (unpaired) electrons. The molecule has 3 aromatic rings. The average molecular weight is 486 g/mol. The van der Waals surface area contributed by atoms with Crippen LogP contribution in [0.2, 0.25) is 0 Å². The van der Waals surface area contributed by atoms with Crippen molar-refractivity contribution in [3.05, 3.63) is 106 Å². The van der Waals surface area contributed by atoms with Gasteiger partial charge in [0.2, 0.25) is 0 Å². The molecule has 0 bridgehead atoms. The van der Waals surface area contributed by atoms with Crippen LogP contribution in [-0.4, -0.2) is 55.5 Å². The van der Waals surface area contributed by atoms with Crippen LogP contribution in [0, 0.1) is 10.1 Å². The van der Waals surface area contributed by atoms with Crippen molar-refractivity contribution in [1.29, 1.82) is 0 Å². The van der Waals surface area contributed by atoms with Crippen LogP contribution in [0.3, 0.4) is 0 Å². The van der Waals surface area contributed by atoms with Gasteiger partial charge in [-0.15, -0.1) is 0 Å². The van der Waals surface area contributed by atoms with Gasteiger partial charge < -0.3 is 14.4 Å². The molecular weight excluding hydrogens is 458 g/mol. The van der Waals surface area contributed by atoms with Crippen molar-refractivity contribution in [2.75, 3.05) is 27.2 Å². The normalized spacial score (nSPS) is 11.1. The van der Waals surface area contributed by atoms with E-state index < -0.39 is 25.6 Å². The fourth-order valence-electron chi connectivity index (χ4n) is 3.07. The van der Waals surface area contributed by atoms with Gasteiger partial charge >= 0.3 is 0 Å². The van der Waals surface area contributed by atoms with Gasteiger partial charge in [0.25, 0.3) is 11.6 Å². The quantitative estimate of drug-likeness (QED) is 0.226. The number of likely N-dealkylation sites (N-methyl/N-ethyl adjacent to an activating group) is 1. The van der Waals surface area contributed by atoms with Crippen LogP contribution in [0.4, 0.5) is 5.69 Å². The van der Waals surface area contributed by atoms with E-state index in [1.54, 1.807) is 0 Å². The molecule has 0 unspecified atom stereocenters. The maximum Gasteiger partial charge on any atom is 0.270 e. The Bertz CT molecular complexity index is 1200. The first-order chi connectivity index (χ1) is 16.0. The maximum absolute atomic E-state index is 12.0. The summed E-state index contributed by atoms with van der Waals surface area (Å²) in [7, 11) is -0.249. The van der Waals surface area contributed by atoms with E-state index >= 15 is 0 Å². The number of benzene rings is 3. The highest BCUT2D eigenvalue weighted by molar-refractivity contribution is 7.85. The molecule has 0 heterocycles. The molecule has 0 aliphatic rings. The van der Waals surface area contributed by atoms with Crippen molar-refractivity contribution in [3.8, 4) is 0 Å². The number of non-ortho nitro benzene ring substituents is 1. The van der Waals surface area contributed by atoms with Crippen molar-refractivity contribution in [2.45, 2.75) is 11.4 Å². The summed E-state index contributed by atoms with van der Waals surface area (Å²) in [4.78, 5) is 20.8. The molecular formula is C24H27N3O6S. The second kappa shape index (κ2) is 12.0. The van der Waals surface area contributed by atoms with Gasteiger partial charge in [-0.25, -0.2) is 8.42 Å². The number of carbonyl (C=O) groups excluding carboxylic acids is 1. The van der Waals surface area contributed by atoms with Crippen molar-refractivity contribution < 1.29 is 27.2 Å². The maximum atomic E-state index is 12.0. The van der Waals surface area contributed by atoms with Crippen molar-refractivity contribution in [2.24, 2.45) is 0 Å². The van der Waals surface area contributed by atoms with Crippen LogP contribution < -0.4 is 5.32 Å². The zero-order chi connectivity index (χ0) is 25.2. The number of quaternary nitrogens is 1. The monoisotopic (exact) mass is 485 g/mol. The van der Waals surface area contributed by atoms with E-state index in [0.717, 1.165) is 41.8 Å². The standard InChI is InChI=1S/C18H22N2O.C6H5NO5S/c1-20(2,15-16-9-5-3-6-10-16)14-13-19-18(21)17-11-7-4-8-12-17;8-7(9)5-2-1-3-6(4-5)13(10,11)12/h3-12H,13-15H2,1-2H3;1-4H,(H,10,11,12). The molecule has 0 spiro atoms. The van der Waals surface area contributed by atoms with Gasteiger partial charge in [0, 0.05) is 23.3 Å². The minimum Gasteiger partial charge on any atom is -0.744 e. The molecule has 3 aromatic carbocycles. The number of amides is 1. The fraction of sp³-hybridized carbons (Fsp3) is 0.208. The van der Waals surface area contributed by atoms with Gasteiger partial charge in [0.05, 0.1) is 37.0 Å². The summed E-state index contributed by atoms with van der Waals surface area (Å²) >= 11 is 0. The molecule has 180 valence electrons. The van der Waals surface area contributed by atoms with Gasteiger partial charge in [0.1, 0.15) is 16.7 Å². The minimum absolute atomic E-state index is 0.00434. The number of hydrogen-bond donors (Lipinski definition) is 1. The Labute approximate surface area is 199 Å². The van der Waals surface area contributed by atoms with Gasteiger partial charge in [-0.3, -0.25) is 14.9 Å². The Hall–Kier alpha value is -3.60. The van der Waals surface area contributed by atoms with E-state index in [1.165, 1.54) is 5.56 Å². The Morgan fingerprint density at radius 3 is 2.09 bits per heavy atom. The summed E-state index contributed by atoms with van der Waals surface area (Å²) in [5, 5.41) is 13.2. The van der Waals surface area contributed by atoms with Crippen LogP contribution in [0.1, 0.15) is 15.9 Å². The molecule has 3 rings (SSSR count). The van der Waals surface area contributed by atoms with Gasteiger partial charge in [0.15, 0.2) is 0 Å². The predicted molar refractivity (Wildman–Crippen MR) is 127 cm³/mol. The molecule has 9 nitrogen and oxygen atoms in total. The van der Waals surface area contributed by atoms with Gasteiger partial charge in [-0.05, 0) is 18.2 Å². The van der Waals surface area contributed by atoms with Crippen LogP contribution in [-0.2, 0) is 16.7 Å². The van der Waals surface area contributed by atoms with E-state index in [1.807, 2.05) is 36.4 Å². The molecule has 0 aliphatic heterocycles. The summed E-state index contributed by atoms with van der Waals surface area (Å²) in [6, 6.07) is 23.8. The Kier molecular flexibility index (Phi) is 9.43. The van der Waals surface area contributed by atoms with Crippen molar-refractivity contribution in [1.82, 2.24) is 5.32 Å². The number of nitro groups is 1. The summed E-state index contributed by atoms with van der Waals surface area (Å²) in [6.45, 7) is 2.53. The molecule has 0 saturated carbocycles. The first-order valence-electron chi connectivity index (χ1n) is 10.4. The SMILES string of the molecule is C[N+](C)(CCNC(=O)c1ccccc1)Cc1ccccc1.O=[N+]([O-])c1cccc(S(=O)(=O)[O-])c1. The van der Waals surface area contributed by atoms with Crippen LogP contribution in [0.15, 0.2) is 89.8 Å². The number of carbonyl (C=O) groups is 1. The lowest BCUT2D eigenvalue weighted by Crippen LogP contribution is -2.44. The number of nitro benzene ring substituents is 1. The number of rotatable bonds is 8. The van der Waals surface area contributed by atoms with E-state index in [9.17, 15) is 27.9 Å². The van der Waals surface area contributed by atoms with Crippen LogP contribution in [0.5, 0.6) is 0 Å². The first kappa shape index (κ1) is 26.7. The molecule has 0 saturated heterocycles. The molecule has 0 fully saturated rings. The van der Waals surface area contributed by atoms with Crippen LogP contribution in [0.25, 0.3) is 0 Å². The van der Waals surface area contributed by atoms with Gasteiger partial charge in [-0.2, -0.15) is 0 Å². The number of nitrogens with zero attached hydrogens (tertiary/aromatic N) is 2. The molecule has 1 N–H and O–H groups in total. The third-order valence-corrected chi connectivity index (χ3v) is 5.64. The fourth-order valence-corrected chi connectivity index (χ4v) is 3.58. The predicted octanol–water partition coefficient (Wildman–Crippen LogP) is 3.19. The average Bonchev–Trinajstić information content (AvgIpc) is 2.80. The van der Waals surface area contributed by atoms with E-state index in [-0.39, 0.29) is 5.91 Å². The number of hydrogen-bond acceptors (Lipinski definition) is 6. The summed E-state index contributed by atoms with van der Waals surface area (Å²) in [5.41, 5.74) is 1.61. The third-order valence-electron chi connectivity index (χ3n) is 4.81. The second-order valence-electron chi connectivity index (χ2n) is 8.13. The Morgan fingerprint density at radius 1 is 0.941 bits per heavy atom. The third kappa shape index (κ3) is 9.10. The molecule has 0 atom stereocenters. The highest BCUT2D eigenvalue weighted by Crippen LogP contribution is 2.16. The van der Waals surface area contributed by atoms with E-state index in [0.29, 0.717) is 12.1 Å². The molecule has 0 aliphatic carbocycles. The van der Waals surface area contributed by atoms with E-state index in [2.05, 4.69) is 43.7 Å². The summed E-state index contributed by atoms with van der Waals surface area (Å²) in [6.07, 6.45) is 0. The lowest BCUT2D eigenvalue weighted by atomic mass is 10.2. The summed E-state index contributed by atoms with van der Waals surface area (Å²) < 4.78 is 32.1. The van der Waals surface area contributed by atoms with Gasteiger partial charge in [-0.1, -0.05) is 54.6 Å². The highest BCUT2D eigenvalue weighted by Gasteiger charge is 2.16. The lowest BCUT2D eigenvalue weighted by molar-refractivity contribution is -0.902. The Morgan fingerprint density at radius 2 is 1.53 bits per heavy atom. The molecule has 10 heteroatoms. The molecule has 0 aromatic heterocycles. The molecule has 34 heavy (non-hydrogen) atoms. The zero-order valence-electron chi connectivity index (χ0n) is 19.0. The second-order valence-corrected chi connectivity index (χ2v) is 9.51. The smallest absolute Gasteiger partial charge is 0.270 e. The Balaban J connectivity index is 0.000000270. The van der Waals surface area contributed by atoms with Crippen LogP contribution >= 0.6 is 0 Å². The largest absolute Gasteiger partial charge is 0.744 e. The topological polar surface area (TPSA) is 129 Å². The zero-order valence-corrected chi connectivity index (χ0v) is 19.8. The minimum atomic E-state index is -4.61. The summed E-state index contributed by atoms with van der Waals surface area (Å²) in [5.74, 6) is -0.00434.